The molecule has 1 heterocycles. The maximum atomic E-state index is 6.41. The average Bonchev–Trinajstić information content (AvgIpc) is 2.98. The highest BCUT2D eigenvalue weighted by Crippen LogP contribution is 2.38. The third kappa shape index (κ3) is 4.00. The maximum Gasteiger partial charge on any atom is 0.0113 e. The first kappa shape index (κ1) is 15.8. The van der Waals surface area contributed by atoms with Crippen LogP contribution in [0.25, 0.3) is 0 Å². The Bertz CT molecular complexity index is 327. The van der Waals surface area contributed by atoms with Crippen LogP contribution in [0.2, 0.25) is 0 Å². The fourth-order valence-electron chi connectivity index (χ4n) is 4.87. The van der Waals surface area contributed by atoms with E-state index in [-0.39, 0.29) is 0 Å². The van der Waals surface area contributed by atoms with E-state index in [0.29, 0.717) is 17.4 Å². The van der Waals surface area contributed by atoms with Crippen LogP contribution in [0, 0.1) is 11.3 Å². The van der Waals surface area contributed by atoms with Gasteiger partial charge in [-0.25, -0.2) is 0 Å². The Balaban J connectivity index is 1.46. The van der Waals surface area contributed by atoms with Crippen molar-refractivity contribution >= 4 is 0 Å². The van der Waals surface area contributed by atoms with Crippen molar-refractivity contribution in [1.29, 1.82) is 0 Å². The Morgan fingerprint density at radius 2 is 1.67 bits per heavy atom. The fraction of sp³-hybridized carbons (Fsp3) is 1.00. The van der Waals surface area contributed by atoms with Gasteiger partial charge in [-0.05, 0) is 43.4 Å². The lowest BCUT2D eigenvalue weighted by Gasteiger charge is -2.44. The molecular formula is C18H35N3. The standard InChI is InChI=1S/C18H35N3/c1-18(2)8-7-17(19)15(13-18)14-20-9-11-21(12-10-20)16-5-3-4-6-16/h15-17H,3-14,19H2,1-2H3. The summed E-state index contributed by atoms with van der Waals surface area (Å²) in [6, 6.07) is 1.34. The minimum atomic E-state index is 0.436. The van der Waals surface area contributed by atoms with E-state index in [2.05, 4.69) is 23.6 Å². The van der Waals surface area contributed by atoms with Crippen LogP contribution in [0.5, 0.6) is 0 Å². The van der Waals surface area contributed by atoms with Gasteiger partial charge in [0.15, 0.2) is 0 Å². The number of rotatable bonds is 3. The first-order valence-electron chi connectivity index (χ1n) is 9.25. The molecule has 2 aliphatic carbocycles. The Morgan fingerprint density at radius 1 is 1.00 bits per heavy atom. The molecule has 1 aliphatic heterocycles. The van der Waals surface area contributed by atoms with Gasteiger partial charge in [-0.3, -0.25) is 4.90 Å². The molecule has 21 heavy (non-hydrogen) atoms. The summed E-state index contributed by atoms with van der Waals surface area (Å²) in [4.78, 5) is 5.45. The van der Waals surface area contributed by atoms with Gasteiger partial charge in [0.05, 0.1) is 0 Å². The summed E-state index contributed by atoms with van der Waals surface area (Å²) in [6.07, 6.45) is 9.65. The van der Waals surface area contributed by atoms with Gasteiger partial charge in [-0.15, -0.1) is 0 Å². The number of nitrogens with two attached hydrogens (primary N) is 1. The summed E-state index contributed by atoms with van der Waals surface area (Å²) in [5.74, 6) is 0.715. The van der Waals surface area contributed by atoms with Gasteiger partial charge in [0, 0.05) is 44.8 Å². The molecule has 0 aromatic heterocycles. The quantitative estimate of drug-likeness (QED) is 0.868. The number of hydrogen-bond acceptors (Lipinski definition) is 3. The van der Waals surface area contributed by atoms with Crippen molar-refractivity contribution in [3.63, 3.8) is 0 Å². The van der Waals surface area contributed by atoms with Crippen molar-refractivity contribution in [3.05, 3.63) is 0 Å². The number of hydrogen-bond donors (Lipinski definition) is 1. The molecule has 3 rings (SSSR count). The first-order valence-corrected chi connectivity index (χ1v) is 9.25. The zero-order valence-electron chi connectivity index (χ0n) is 14.2. The first-order chi connectivity index (χ1) is 10.0. The lowest BCUT2D eigenvalue weighted by atomic mass is 9.70. The number of nitrogens with zero attached hydrogens (tertiary/aromatic N) is 2. The van der Waals surface area contributed by atoms with Crippen molar-refractivity contribution in [2.24, 2.45) is 17.1 Å². The zero-order valence-corrected chi connectivity index (χ0v) is 14.2. The lowest BCUT2D eigenvalue weighted by Crippen LogP contribution is -2.53. The Hall–Kier alpha value is -0.120. The highest BCUT2D eigenvalue weighted by atomic mass is 15.3. The summed E-state index contributed by atoms with van der Waals surface area (Å²) < 4.78 is 0. The van der Waals surface area contributed by atoms with Crippen LogP contribution < -0.4 is 5.73 Å². The van der Waals surface area contributed by atoms with Crippen molar-refractivity contribution in [3.8, 4) is 0 Å². The molecule has 0 amide bonds. The van der Waals surface area contributed by atoms with Gasteiger partial charge in [0.1, 0.15) is 0 Å². The molecule has 1 saturated heterocycles. The highest BCUT2D eigenvalue weighted by molar-refractivity contribution is 4.90. The average molecular weight is 293 g/mol. The Morgan fingerprint density at radius 3 is 2.33 bits per heavy atom. The minimum Gasteiger partial charge on any atom is -0.327 e. The molecule has 0 spiro atoms. The highest BCUT2D eigenvalue weighted by Gasteiger charge is 2.35. The van der Waals surface area contributed by atoms with Gasteiger partial charge in [-0.2, -0.15) is 0 Å². The van der Waals surface area contributed by atoms with E-state index in [1.807, 2.05) is 0 Å². The van der Waals surface area contributed by atoms with Crippen molar-refractivity contribution in [2.45, 2.75) is 70.9 Å². The van der Waals surface area contributed by atoms with Gasteiger partial charge in [-0.1, -0.05) is 26.7 Å². The molecule has 0 radical (unpaired) electrons. The smallest absolute Gasteiger partial charge is 0.0113 e. The molecule has 122 valence electrons. The Kier molecular flexibility index (Phi) is 4.92. The molecule has 2 atom stereocenters. The van der Waals surface area contributed by atoms with E-state index < -0.39 is 0 Å². The van der Waals surface area contributed by atoms with E-state index in [0.717, 1.165) is 6.04 Å². The molecule has 0 bridgehead atoms. The van der Waals surface area contributed by atoms with E-state index in [1.165, 1.54) is 77.7 Å². The SMILES string of the molecule is CC1(C)CCC(N)C(CN2CCN(C3CCCC3)CC2)C1. The Labute approximate surface area is 131 Å². The summed E-state index contributed by atoms with van der Waals surface area (Å²) in [5.41, 5.74) is 6.91. The monoisotopic (exact) mass is 293 g/mol. The molecule has 2 N–H and O–H groups in total. The van der Waals surface area contributed by atoms with E-state index in [9.17, 15) is 0 Å². The number of piperazine rings is 1. The third-order valence-corrected chi connectivity index (χ3v) is 6.32. The molecular weight excluding hydrogens is 258 g/mol. The second kappa shape index (κ2) is 6.55. The minimum absolute atomic E-state index is 0.436. The molecule has 0 aromatic carbocycles. The molecule has 0 aromatic rings. The third-order valence-electron chi connectivity index (χ3n) is 6.32. The normalized spacial score (nSPS) is 36.1. The molecule has 3 heteroatoms. The van der Waals surface area contributed by atoms with Gasteiger partial charge in [0.25, 0.3) is 0 Å². The summed E-state index contributed by atoms with van der Waals surface area (Å²) in [7, 11) is 0. The van der Waals surface area contributed by atoms with Crippen LogP contribution >= 0.6 is 0 Å². The van der Waals surface area contributed by atoms with Gasteiger partial charge < -0.3 is 10.6 Å². The van der Waals surface area contributed by atoms with E-state index in [1.54, 1.807) is 0 Å². The molecule has 3 nitrogen and oxygen atoms in total. The largest absolute Gasteiger partial charge is 0.327 e. The molecule has 2 unspecified atom stereocenters. The summed E-state index contributed by atoms with van der Waals surface area (Å²) >= 11 is 0. The topological polar surface area (TPSA) is 32.5 Å². The van der Waals surface area contributed by atoms with Crippen LogP contribution in [0.15, 0.2) is 0 Å². The van der Waals surface area contributed by atoms with Crippen LogP contribution in [0.1, 0.15) is 58.8 Å². The summed E-state index contributed by atoms with van der Waals surface area (Å²) in [6.45, 7) is 11.2. The van der Waals surface area contributed by atoms with Crippen LogP contribution in [0.4, 0.5) is 0 Å². The zero-order chi connectivity index (χ0) is 14.9. The van der Waals surface area contributed by atoms with E-state index >= 15 is 0 Å². The second-order valence-electron chi connectivity index (χ2n) is 8.61. The summed E-state index contributed by atoms with van der Waals surface area (Å²) in [5, 5.41) is 0. The predicted octanol–water partition coefficient (Wildman–Crippen LogP) is 2.70. The second-order valence-corrected chi connectivity index (χ2v) is 8.61. The molecule has 2 saturated carbocycles. The maximum absolute atomic E-state index is 6.41. The van der Waals surface area contributed by atoms with Crippen LogP contribution in [-0.2, 0) is 0 Å². The van der Waals surface area contributed by atoms with Gasteiger partial charge >= 0.3 is 0 Å². The van der Waals surface area contributed by atoms with Crippen LogP contribution in [-0.4, -0.2) is 54.6 Å². The molecule has 3 fully saturated rings. The van der Waals surface area contributed by atoms with Crippen LogP contribution in [0.3, 0.4) is 0 Å². The van der Waals surface area contributed by atoms with Crippen molar-refractivity contribution in [2.75, 3.05) is 32.7 Å². The van der Waals surface area contributed by atoms with Gasteiger partial charge in [0.2, 0.25) is 0 Å². The predicted molar refractivity (Wildman–Crippen MR) is 89.4 cm³/mol. The van der Waals surface area contributed by atoms with Crippen molar-refractivity contribution < 1.29 is 0 Å². The fourth-order valence-corrected chi connectivity index (χ4v) is 4.87. The lowest BCUT2D eigenvalue weighted by molar-refractivity contribution is 0.0627. The van der Waals surface area contributed by atoms with Crippen molar-refractivity contribution in [1.82, 2.24) is 9.80 Å². The molecule has 3 aliphatic rings. The van der Waals surface area contributed by atoms with E-state index in [4.69, 9.17) is 5.73 Å².